The molecule has 1 unspecified atom stereocenters. The third-order valence-electron chi connectivity index (χ3n) is 1.93. The monoisotopic (exact) mass is 219 g/mol. The number of alkyl halides is 3. The molecule has 0 radical (unpaired) electrons. The van der Waals surface area contributed by atoms with E-state index >= 15 is 0 Å². The predicted octanol–water partition coefficient (Wildman–Crippen LogP) is 2.91. The van der Waals surface area contributed by atoms with Crippen LogP contribution in [0.4, 0.5) is 18.9 Å². The zero-order chi connectivity index (χ0) is 11.6. The van der Waals surface area contributed by atoms with E-state index in [0.717, 1.165) is 12.5 Å². The van der Waals surface area contributed by atoms with Crippen molar-refractivity contribution in [1.82, 2.24) is 0 Å². The summed E-state index contributed by atoms with van der Waals surface area (Å²) in [6, 6.07) is 4.65. The lowest BCUT2D eigenvalue weighted by molar-refractivity contribution is -0.189. The maximum Gasteiger partial charge on any atom is 0.425 e. The number of nitrogens with two attached hydrogens (primary N) is 1. The highest BCUT2D eigenvalue weighted by atomic mass is 19.4. The Hall–Kier alpha value is -1.39. The summed E-state index contributed by atoms with van der Waals surface area (Å²) in [5.74, 6) is 0.0606. The summed E-state index contributed by atoms with van der Waals surface area (Å²) in [5, 5.41) is 0. The topological polar surface area (TPSA) is 35.2 Å². The Morgan fingerprint density at radius 1 is 1.33 bits per heavy atom. The fourth-order valence-corrected chi connectivity index (χ4v) is 1.03. The highest BCUT2D eigenvalue weighted by molar-refractivity contribution is 5.54. The zero-order valence-corrected chi connectivity index (χ0v) is 8.43. The number of hydrogen-bond acceptors (Lipinski definition) is 2. The minimum Gasteiger partial charge on any atom is -0.479 e. The number of halogens is 3. The molecule has 1 rings (SSSR count). The molecule has 15 heavy (non-hydrogen) atoms. The molecule has 0 bridgehead atoms. The molecule has 0 amide bonds. The van der Waals surface area contributed by atoms with Crippen LogP contribution in [0.2, 0.25) is 0 Å². The maximum atomic E-state index is 12.2. The van der Waals surface area contributed by atoms with Gasteiger partial charge in [-0.05, 0) is 31.5 Å². The largest absolute Gasteiger partial charge is 0.479 e. The van der Waals surface area contributed by atoms with Gasteiger partial charge in [0.25, 0.3) is 0 Å². The van der Waals surface area contributed by atoms with E-state index < -0.39 is 12.3 Å². The first-order valence-corrected chi connectivity index (χ1v) is 4.40. The van der Waals surface area contributed by atoms with Gasteiger partial charge >= 0.3 is 6.18 Å². The number of hydrogen-bond donors (Lipinski definition) is 1. The molecule has 0 aliphatic heterocycles. The Kier molecular flexibility index (Phi) is 3.12. The molecule has 0 aromatic heterocycles. The van der Waals surface area contributed by atoms with Crippen LogP contribution in [0.5, 0.6) is 5.75 Å². The van der Waals surface area contributed by atoms with Gasteiger partial charge in [-0.1, -0.05) is 6.07 Å². The molecule has 1 atom stereocenters. The van der Waals surface area contributed by atoms with Crippen molar-refractivity contribution in [3.63, 3.8) is 0 Å². The molecule has 0 fully saturated rings. The Balaban J connectivity index is 2.82. The Labute approximate surface area is 85.8 Å². The first-order chi connectivity index (χ1) is 6.80. The summed E-state index contributed by atoms with van der Waals surface area (Å²) in [7, 11) is 0. The fourth-order valence-electron chi connectivity index (χ4n) is 1.03. The van der Waals surface area contributed by atoms with Crippen molar-refractivity contribution in [3.05, 3.63) is 23.8 Å². The van der Waals surface area contributed by atoms with Crippen LogP contribution < -0.4 is 10.5 Å². The Morgan fingerprint density at radius 3 is 2.40 bits per heavy atom. The van der Waals surface area contributed by atoms with Crippen LogP contribution >= 0.6 is 0 Å². The first kappa shape index (κ1) is 11.7. The van der Waals surface area contributed by atoms with Gasteiger partial charge in [0, 0.05) is 0 Å². The number of aryl methyl sites for hydroxylation is 1. The molecule has 0 saturated carbocycles. The summed E-state index contributed by atoms with van der Waals surface area (Å²) in [6.07, 6.45) is -6.24. The minimum atomic E-state index is -4.38. The van der Waals surface area contributed by atoms with Crippen molar-refractivity contribution in [1.29, 1.82) is 0 Å². The fraction of sp³-hybridized carbons (Fsp3) is 0.400. The molecule has 0 heterocycles. The first-order valence-electron chi connectivity index (χ1n) is 4.40. The molecular weight excluding hydrogens is 207 g/mol. The van der Waals surface area contributed by atoms with Gasteiger partial charge in [-0.3, -0.25) is 0 Å². The molecule has 1 aromatic carbocycles. The van der Waals surface area contributed by atoms with E-state index in [1.165, 1.54) is 6.07 Å². The highest BCUT2D eigenvalue weighted by Crippen LogP contribution is 2.28. The standard InChI is InChI=1S/C10H12F3NO/c1-6-3-4-9(8(14)5-6)15-7(2)10(11,12)13/h3-5,7H,14H2,1-2H3. The van der Waals surface area contributed by atoms with Gasteiger partial charge in [-0.15, -0.1) is 0 Å². The van der Waals surface area contributed by atoms with Crippen LogP contribution in [-0.2, 0) is 0 Å². The van der Waals surface area contributed by atoms with Crippen LogP contribution in [0.15, 0.2) is 18.2 Å². The van der Waals surface area contributed by atoms with E-state index in [1.807, 2.05) is 0 Å². The number of nitrogen functional groups attached to an aromatic ring is 1. The van der Waals surface area contributed by atoms with Crippen molar-refractivity contribution in [3.8, 4) is 5.75 Å². The summed E-state index contributed by atoms with van der Waals surface area (Å²) >= 11 is 0. The van der Waals surface area contributed by atoms with Crippen molar-refractivity contribution < 1.29 is 17.9 Å². The van der Waals surface area contributed by atoms with Crippen LogP contribution in [0.3, 0.4) is 0 Å². The number of benzene rings is 1. The van der Waals surface area contributed by atoms with Gasteiger partial charge in [0.05, 0.1) is 5.69 Å². The second-order valence-electron chi connectivity index (χ2n) is 3.34. The van der Waals surface area contributed by atoms with Gasteiger partial charge in [0.1, 0.15) is 5.75 Å². The minimum absolute atomic E-state index is 0.0606. The second kappa shape index (κ2) is 4.00. The molecule has 0 saturated heterocycles. The molecule has 1 aromatic rings. The molecule has 0 aliphatic rings. The number of ether oxygens (including phenoxy) is 1. The average Bonchev–Trinajstić information content (AvgIpc) is 2.08. The lowest BCUT2D eigenvalue weighted by Gasteiger charge is -2.18. The Morgan fingerprint density at radius 2 is 1.93 bits per heavy atom. The molecule has 84 valence electrons. The summed E-state index contributed by atoms with van der Waals surface area (Å²) in [4.78, 5) is 0. The van der Waals surface area contributed by atoms with Gasteiger partial charge < -0.3 is 10.5 Å². The van der Waals surface area contributed by atoms with Crippen LogP contribution in [0, 0.1) is 6.92 Å². The molecule has 0 aliphatic carbocycles. The summed E-state index contributed by atoms with van der Waals surface area (Å²) in [5.41, 5.74) is 6.61. The van der Waals surface area contributed by atoms with E-state index in [1.54, 1.807) is 19.1 Å². The van der Waals surface area contributed by atoms with Crippen LogP contribution in [0.1, 0.15) is 12.5 Å². The summed E-state index contributed by atoms with van der Waals surface area (Å²) < 4.78 is 41.3. The van der Waals surface area contributed by atoms with Gasteiger partial charge in [-0.25, -0.2) is 0 Å². The molecule has 5 heteroatoms. The number of anilines is 1. The van der Waals surface area contributed by atoms with Gasteiger partial charge in [0.2, 0.25) is 0 Å². The van der Waals surface area contributed by atoms with Crippen LogP contribution in [0.25, 0.3) is 0 Å². The van der Waals surface area contributed by atoms with Crippen molar-refractivity contribution in [2.75, 3.05) is 5.73 Å². The van der Waals surface area contributed by atoms with E-state index in [-0.39, 0.29) is 11.4 Å². The predicted molar refractivity (Wildman–Crippen MR) is 51.7 cm³/mol. The molecular formula is C10H12F3NO. The van der Waals surface area contributed by atoms with Crippen molar-refractivity contribution >= 4 is 5.69 Å². The van der Waals surface area contributed by atoms with E-state index in [0.29, 0.717) is 0 Å². The quantitative estimate of drug-likeness (QED) is 0.776. The average molecular weight is 219 g/mol. The lowest BCUT2D eigenvalue weighted by Crippen LogP contribution is -2.31. The Bertz CT molecular complexity index is 349. The van der Waals surface area contributed by atoms with E-state index in [9.17, 15) is 13.2 Å². The SMILES string of the molecule is Cc1ccc(OC(C)C(F)(F)F)c(N)c1. The molecule has 2 nitrogen and oxygen atoms in total. The van der Waals surface area contributed by atoms with Crippen molar-refractivity contribution in [2.45, 2.75) is 26.1 Å². The maximum absolute atomic E-state index is 12.2. The van der Waals surface area contributed by atoms with E-state index in [4.69, 9.17) is 10.5 Å². The third kappa shape index (κ3) is 3.04. The van der Waals surface area contributed by atoms with Gasteiger partial charge in [-0.2, -0.15) is 13.2 Å². The highest BCUT2D eigenvalue weighted by Gasteiger charge is 2.38. The lowest BCUT2D eigenvalue weighted by atomic mass is 10.2. The smallest absolute Gasteiger partial charge is 0.425 e. The molecule has 2 N–H and O–H groups in total. The zero-order valence-electron chi connectivity index (χ0n) is 8.43. The normalized spacial score (nSPS) is 13.7. The molecule has 0 spiro atoms. The third-order valence-corrected chi connectivity index (χ3v) is 1.93. The van der Waals surface area contributed by atoms with Gasteiger partial charge in [0.15, 0.2) is 6.10 Å². The summed E-state index contributed by atoms with van der Waals surface area (Å²) in [6.45, 7) is 2.74. The van der Waals surface area contributed by atoms with Crippen molar-refractivity contribution in [2.24, 2.45) is 0 Å². The van der Waals surface area contributed by atoms with E-state index in [2.05, 4.69) is 0 Å². The number of rotatable bonds is 2. The second-order valence-corrected chi connectivity index (χ2v) is 3.34. The van der Waals surface area contributed by atoms with Crippen LogP contribution in [-0.4, -0.2) is 12.3 Å².